The lowest BCUT2D eigenvalue weighted by Crippen LogP contribution is -2.47. The number of piperazine rings is 1. The van der Waals surface area contributed by atoms with Gasteiger partial charge in [0.05, 0.1) is 12.3 Å². The Labute approximate surface area is 257 Å². The van der Waals surface area contributed by atoms with Gasteiger partial charge in [0, 0.05) is 54.8 Å². The molecule has 0 atom stereocenters. The van der Waals surface area contributed by atoms with Gasteiger partial charge in [0.1, 0.15) is 0 Å². The third-order valence-corrected chi connectivity index (χ3v) is 15.3. The van der Waals surface area contributed by atoms with Crippen molar-refractivity contribution in [1.82, 2.24) is 14.8 Å². The van der Waals surface area contributed by atoms with Crippen LogP contribution in [0.4, 0.5) is 5.13 Å². The SMILES string of the molecule is CC(C)[Si](OCC#Cc1cccc(-c2csc(NC(=O)c3ccc(CN4CCN(C)CC4)cc3)n2)c1)(C(C)C)C(C)C. The Bertz CT molecular complexity index is 1360. The summed E-state index contributed by atoms with van der Waals surface area (Å²) in [6.07, 6.45) is 0. The number of hydrogen-bond acceptors (Lipinski definition) is 6. The smallest absolute Gasteiger partial charge is 0.257 e. The first kappa shape index (κ1) is 32.1. The summed E-state index contributed by atoms with van der Waals surface area (Å²) in [6.45, 7) is 19.5. The molecular formula is C34H46N4O2SSi. The van der Waals surface area contributed by atoms with Gasteiger partial charge in [-0.05, 0) is 53.5 Å². The molecule has 1 aliphatic heterocycles. The van der Waals surface area contributed by atoms with Crippen molar-refractivity contribution in [3.05, 3.63) is 70.6 Å². The number of benzene rings is 2. The molecule has 3 aromatic rings. The number of nitrogens with zero attached hydrogens (tertiary/aromatic N) is 3. The fourth-order valence-electron chi connectivity index (χ4n) is 6.21. The molecule has 1 saturated heterocycles. The fraction of sp³-hybridized carbons (Fsp3) is 0.471. The molecule has 2 aromatic carbocycles. The van der Waals surface area contributed by atoms with Crippen LogP contribution in [0.2, 0.25) is 16.6 Å². The lowest BCUT2D eigenvalue weighted by Gasteiger charge is -2.41. The van der Waals surface area contributed by atoms with Gasteiger partial charge in [0.2, 0.25) is 8.32 Å². The molecule has 1 amide bonds. The minimum Gasteiger partial charge on any atom is -0.405 e. The van der Waals surface area contributed by atoms with Crippen molar-refractivity contribution in [1.29, 1.82) is 0 Å². The molecule has 0 aliphatic carbocycles. The molecule has 6 nitrogen and oxygen atoms in total. The summed E-state index contributed by atoms with van der Waals surface area (Å²) in [7, 11) is 0.237. The Morgan fingerprint density at radius 3 is 2.31 bits per heavy atom. The quantitative estimate of drug-likeness (QED) is 0.194. The van der Waals surface area contributed by atoms with E-state index >= 15 is 0 Å². The van der Waals surface area contributed by atoms with Gasteiger partial charge in [-0.25, -0.2) is 4.98 Å². The van der Waals surface area contributed by atoms with Gasteiger partial charge in [0.25, 0.3) is 5.91 Å². The average molecular weight is 603 g/mol. The zero-order valence-corrected chi connectivity index (χ0v) is 28.1. The molecule has 224 valence electrons. The van der Waals surface area contributed by atoms with Crippen molar-refractivity contribution in [3.8, 4) is 23.1 Å². The van der Waals surface area contributed by atoms with Crippen LogP contribution in [0, 0.1) is 11.8 Å². The summed E-state index contributed by atoms with van der Waals surface area (Å²) in [5.74, 6) is 6.40. The van der Waals surface area contributed by atoms with Crippen molar-refractivity contribution < 1.29 is 9.22 Å². The highest BCUT2D eigenvalue weighted by molar-refractivity contribution is 7.14. The van der Waals surface area contributed by atoms with Gasteiger partial charge in [0.15, 0.2) is 5.13 Å². The first-order chi connectivity index (χ1) is 20.1. The van der Waals surface area contributed by atoms with Crippen LogP contribution in [0.1, 0.15) is 63.0 Å². The van der Waals surface area contributed by atoms with E-state index in [2.05, 4.69) is 92.7 Å². The Kier molecular flexibility index (Phi) is 11.2. The van der Waals surface area contributed by atoms with E-state index in [1.54, 1.807) is 0 Å². The zero-order valence-electron chi connectivity index (χ0n) is 26.2. The number of amides is 1. The second-order valence-electron chi connectivity index (χ2n) is 12.3. The van der Waals surface area contributed by atoms with Crippen LogP contribution in [0.15, 0.2) is 53.9 Å². The second kappa shape index (κ2) is 14.6. The number of likely N-dealkylation sites (N-methyl/N-ethyl adjacent to an activating group) is 1. The fourth-order valence-corrected chi connectivity index (χ4v) is 12.3. The number of anilines is 1. The van der Waals surface area contributed by atoms with E-state index in [9.17, 15) is 4.79 Å². The molecule has 1 fully saturated rings. The molecule has 0 radical (unpaired) electrons. The van der Waals surface area contributed by atoms with E-state index < -0.39 is 8.32 Å². The summed E-state index contributed by atoms with van der Waals surface area (Å²) in [6, 6.07) is 16.0. The van der Waals surface area contributed by atoms with Crippen molar-refractivity contribution in [2.24, 2.45) is 0 Å². The van der Waals surface area contributed by atoms with Crippen molar-refractivity contribution in [2.75, 3.05) is 45.2 Å². The molecule has 0 spiro atoms. The average Bonchev–Trinajstić information content (AvgIpc) is 3.43. The minimum atomic E-state index is -1.93. The largest absolute Gasteiger partial charge is 0.405 e. The maximum Gasteiger partial charge on any atom is 0.257 e. The topological polar surface area (TPSA) is 57.7 Å². The lowest BCUT2D eigenvalue weighted by molar-refractivity contribution is 0.102. The predicted molar refractivity (Wildman–Crippen MR) is 179 cm³/mol. The first-order valence-electron chi connectivity index (χ1n) is 15.1. The van der Waals surface area contributed by atoms with E-state index in [4.69, 9.17) is 4.43 Å². The van der Waals surface area contributed by atoms with Gasteiger partial charge in [-0.15, -0.1) is 11.3 Å². The van der Waals surface area contributed by atoms with Gasteiger partial charge in [-0.3, -0.25) is 15.0 Å². The molecule has 2 heterocycles. The van der Waals surface area contributed by atoms with Crippen LogP contribution in [0.5, 0.6) is 0 Å². The third kappa shape index (κ3) is 7.97. The molecule has 1 N–H and O–H groups in total. The van der Waals surface area contributed by atoms with Crippen molar-refractivity contribution in [3.63, 3.8) is 0 Å². The summed E-state index contributed by atoms with van der Waals surface area (Å²) < 4.78 is 6.58. The summed E-state index contributed by atoms with van der Waals surface area (Å²) >= 11 is 1.43. The first-order valence-corrected chi connectivity index (χ1v) is 18.1. The van der Waals surface area contributed by atoms with Crippen LogP contribution in [0.25, 0.3) is 11.3 Å². The van der Waals surface area contributed by atoms with Gasteiger partial charge in [-0.2, -0.15) is 0 Å². The van der Waals surface area contributed by atoms with E-state index in [1.807, 2.05) is 41.8 Å². The predicted octanol–water partition coefficient (Wildman–Crippen LogP) is 7.35. The standard InChI is InChI=1S/C34H46N4O2SSi/c1-25(2)42(26(3)4,27(5)6)40-21-9-11-28-10-8-12-31(22-28)32-24-41-34(35-32)36-33(39)30-15-13-29(14-16-30)23-38-19-17-37(7)18-20-38/h8,10,12-16,22,24-27H,17-21,23H2,1-7H3,(H,35,36,39). The normalized spacial score (nSPS) is 14.8. The molecule has 0 saturated carbocycles. The molecule has 1 aliphatic rings. The maximum absolute atomic E-state index is 12.9. The highest BCUT2D eigenvalue weighted by atomic mass is 32.1. The molecule has 8 heteroatoms. The molecule has 4 rings (SSSR count). The Balaban J connectivity index is 1.35. The number of nitrogens with one attached hydrogen (secondary N) is 1. The highest BCUT2D eigenvalue weighted by Crippen LogP contribution is 2.42. The van der Waals surface area contributed by atoms with Crippen LogP contribution < -0.4 is 5.32 Å². The number of aromatic nitrogens is 1. The summed E-state index contributed by atoms with van der Waals surface area (Å²) in [5.41, 5.74) is 6.19. The number of thiazole rings is 1. The van der Waals surface area contributed by atoms with Crippen molar-refractivity contribution >= 4 is 30.7 Å². The van der Waals surface area contributed by atoms with E-state index in [-0.39, 0.29) is 5.91 Å². The number of carbonyl (C=O) groups is 1. The Morgan fingerprint density at radius 2 is 1.67 bits per heavy atom. The second-order valence-corrected chi connectivity index (χ2v) is 18.6. The van der Waals surface area contributed by atoms with E-state index in [0.29, 0.717) is 33.9 Å². The zero-order chi connectivity index (χ0) is 30.3. The number of rotatable bonds is 10. The third-order valence-electron chi connectivity index (χ3n) is 8.44. The van der Waals surface area contributed by atoms with Gasteiger partial charge >= 0.3 is 0 Å². The molecule has 0 bridgehead atoms. The monoisotopic (exact) mass is 602 g/mol. The minimum absolute atomic E-state index is 0.148. The van der Waals surface area contributed by atoms with E-state index in [0.717, 1.165) is 49.5 Å². The van der Waals surface area contributed by atoms with Crippen LogP contribution in [-0.2, 0) is 11.0 Å². The highest BCUT2D eigenvalue weighted by Gasteiger charge is 2.44. The Hall–Kier alpha value is -2.80. The molecular weight excluding hydrogens is 557 g/mol. The molecule has 42 heavy (non-hydrogen) atoms. The molecule has 0 unspecified atom stereocenters. The van der Waals surface area contributed by atoms with Crippen LogP contribution in [0.3, 0.4) is 0 Å². The van der Waals surface area contributed by atoms with Crippen molar-refractivity contribution in [2.45, 2.75) is 64.7 Å². The lowest BCUT2D eigenvalue weighted by atomic mass is 10.1. The molecule has 1 aromatic heterocycles. The summed E-state index contributed by atoms with van der Waals surface area (Å²) in [4.78, 5) is 22.4. The number of carbonyl (C=O) groups excluding carboxylic acids is 1. The maximum atomic E-state index is 12.9. The van der Waals surface area contributed by atoms with Gasteiger partial charge in [-0.1, -0.05) is 77.6 Å². The van der Waals surface area contributed by atoms with Crippen LogP contribution >= 0.6 is 11.3 Å². The van der Waals surface area contributed by atoms with Gasteiger partial charge < -0.3 is 9.33 Å². The van der Waals surface area contributed by atoms with E-state index in [1.165, 1.54) is 16.9 Å². The Morgan fingerprint density at radius 1 is 1.00 bits per heavy atom. The summed E-state index contributed by atoms with van der Waals surface area (Å²) in [5, 5.41) is 5.52. The van der Waals surface area contributed by atoms with Crippen LogP contribution in [-0.4, -0.2) is 68.8 Å². The number of hydrogen-bond donors (Lipinski definition) is 1.